The lowest BCUT2D eigenvalue weighted by atomic mass is 10.2. The summed E-state index contributed by atoms with van der Waals surface area (Å²) < 4.78 is 10.6. The van der Waals surface area contributed by atoms with Crippen LogP contribution >= 0.6 is 11.3 Å². The van der Waals surface area contributed by atoms with Gasteiger partial charge in [-0.3, -0.25) is 0 Å². The molecule has 15 heavy (non-hydrogen) atoms. The molecule has 3 aromatic heterocycles. The molecule has 73 valence electrons. The average Bonchev–Trinajstić information content (AvgIpc) is 3.01. The maximum absolute atomic E-state index is 5.33. The van der Waals surface area contributed by atoms with Crippen LogP contribution in [0.2, 0.25) is 0 Å². The summed E-state index contributed by atoms with van der Waals surface area (Å²) in [5.41, 5.74) is 3.62. The molecular formula is C11H6NO2S. The highest BCUT2D eigenvalue weighted by molar-refractivity contribution is 7.13. The van der Waals surface area contributed by atoms with Crippen molar-refractivity contribution in [2.24, 2.45) is 0 Å². The quantitative estimate of drug-likeness (QED) is 0.658. The third kappa shape index (κ3) is 1.39. The van der Waals surface area contributed by atoms with Gasteiger partial charge in [0.2, 0.25) is 0 Å². The molecule has 3 rings (SSSR count). The fourth-order valence-electron chi connectivity index (χ4n) is 1.37. The molecule has 0 aliphatic rings. The number of aromatic nitrogens is 1. The van der Waals surface area contributed by atoms with E-state index in [0.717, 1.165) is 22.1 Å². The Labute approximate surface area is 90.0 Å². The van der Waals surface area contributed by atoms with E-state index in [1.54, 1.807) is 12.5 Å². The first-order chi connectivity index (χ1) is 7.45. The second-order valence-corrected chi connectivity index (χ2v) is 3.73. The lowest BCUT2D eigenvalue weighted by molar-refractivity contribution is 0.575. The van der Waals surface area contributed by atoms with E-state index in [1.165, 1.54) is 11.3 Å². The second kappa shape index (κ2) is 3.40. The monoisotopic (exact) mass is 216 g/mol. The molecule has 0 spiro atoms. The van der Waals surface area contributed by atoms with Crippen molar-refractivity contribution in [1.29, 1.82) is 0 Å². The van der Waals surface area contributed by atoms with E-state index in [-0.39, 0.29) is 0 Å². The largest absolute Gasteiger partial charge is 0.463 e. The molecular weight excluding hydrogens is 210 g/mol. The Hall–Kier alpha value is -1.81. The third-order valence-corrected chi connectivity index (χ3v) is 2.80. The number of thiazole rings is 1. The van der Waals surface area contributed by atoms with E-state index in [0.29, 0.717) is 0 Å². The van der Waals surface area contributed by atoms with Gasteiger partial charge in [-0.2, -0.15) is 0 Å². The van der Waals surface area contributed by atoms with E-state index >= 15 is 0 Å². The summed E-state index contributed by atoms with van der Waals surface area (Å²) in [6.07, 6.45) is 3.27. The van der Waals surface area contributed by atoms with Gasteiger partial charge >= 0.3 is 0 Å². The molecule has 4 heteroatoms. The fourth-order valence-corrected chi connectivity index (χ4v) is 2.06. The minimum absolute atomic E-state index is 0.735. The molecule has 1 radical (unpaired) electrons. The zero-order chi connectivity index (χ0) is 10.1. The smallest absolute Gasteiger partial charge is 0.153 e. The van der Waals surface area contributed by atoms with Crippen molar-refractivity contribution >= 4 is 11.3 Å². The number of rotatable bonds is 2. The molecule has 3 aromatic rings. The van der Waals surface area contributed by atoms with Crippen LogP contribution in [0.5, 0.6) is 0 Å². The summed E-state index contributed by atoms with van der Waals surface area (Å²) in [5.74, 6) is 1.53. The molecule has 0 amide bonds. The first kappa shape index (κ1) is 8.49. The van der Waals surface area contributed by atoms with E-state index in [1.807, 2.05) is 24.3 Å². The molecule has 0 unspecified atom stereocenters. The Bertz CT molecular complexity index is 488. The van der Waals surface area contributed by atoms with E-state index in [9.17, 15) is 0 Å². The Morgan fingerprint density at radius 1 is 1.07 bits per heavy atom. The number of hydrogen-bond acceptors (Lipinski definition) is 4. The van der Waals surface area contributed by atoms with Crippen molar-refractivity contribution in [3.63, 3.8) is 0 Å². The molecule has 0 saturated carbocycles. The van der Waals surface area contributed by atoms with Crippen LogP contribution in [0, 0.1) is 5.51 Å². The van der Waals surface area contributed by atoms with Crippen LogP contribution in [-0.2, 0) is 0 Å². The summed E-state index contributed by atoms with van der Waals surface area (Å²) >= 11 is 1.42. The van der Waals surface area contributed by atoms with E-state index in [2.05, 4.69) is 10.5 Å². The predicted octanol–water partition coefficient (Wildman–Crippen LogP) is 3.46. The Morgan fingerprint density at radius 3 is 2.47 bits per heavy atom. The molecule has 0 saturated heterocycles. The molecule has 0 aromatic carbocycles. The van der Waals surface area contributed by atoms with Gasteiger partial charge in [0, 0.05) is 0 Å². The van der Waals surface area contributed by atoms with Gasteiger partial charge < -0.3 is 8.83 Å². The van der Waals surface area contributed by atoms with Gasteiger partial charge in [-0.15, -0.1) is 11.3 Å². The van der Waals surface area contributed by atoms with Gasteiger partial charge in [0.25, 0.3) is 0 Å². The molecule has 0 N–H and O–H groups in total. The van der Waals surface area contributed by atoms with Crippen molar-refractivity contribution < 1.29 is 8.83 Å². The number of hydrogen-bond donors (Lipinski definition) is 0. The van der Waals surface area contributed by atoms with Crippen LogP contribution in [0.4, 0.5) is 0 Å². The molecule has 0 aliphatic heterocycles. The summed E-state index contributed by atoms with van der Waals surface area (Å²) in [7, 11) is 0. The Balaban J connectivity index is 2.15. The van der Waals surface area contributed by atoms with Crippen molar-refractivity contribution in [3.8, 4) is 22.1 Å². The maximum atomic E-state index is 5.33. The standard InChI is InChI=1S/C11H6NO2S/c1-3-8(13-5-1)10-11(15-7-12-10)9-4-2-6-14-9/h1-6H. The van der Waals surface area contributed by atoms with Crippen molar-refractivity contribution in [2.75, 3.05) is 0 Å². The van der Waals surface area contributed by atoms with E-state index in [4.69, 9.17) is 8.83 Å². The Kier molecular flexibility index (Phi) is 1.93. The summed E-state index contributed by atoms with van der Waals surface area (Å²) in [6.45, 7) is 0. The van der Waals surface area contributed by atoms with Crippen LogP contribution in [-0.4, -0.2) is 4.98 Å². The lowest BCUT2D eigenvalue weighted by Gasteiger charge is -1.94. The first-order valence-electron chi connectivity index (χ1n) is 4.40. The fraction of sp³-hybridized carbons (Fsp3) is 0. The topological polar surface area (TPSA) is 39.2 Å². The maximum Gasteiger partial charge on any atom is 0.153 e. The van der Waals surface area contributed by atoms with Crippen molar-refractivity contribution in [3.05, 3.63) is 42.3 Å². The van der Waals surface area contributed by atoms with Gasteiger partial charge in [-0.05, 0) is 24.3 Å². The van der Waals surface area contributed by atoms with Gasteiger partial charge in [0.05, 0.1) is 12.5 Å². The zero-order valence-corrected chi connectivity index (χ0v) is 8.45. The van der Waals surface area contributed by atoms with E-state index < -0.39 is 0 Å². The minimum atomic E-state index is 0.735. The third-order valence-electron chi connectivity index (χ3n) is 2.02. The predicted molar refractivity (Wildman–Crippen MR) is 56.4 cm³/mol. The SMILES string of the molecule is [c]1nc(-c2ccco2)c(-c2ccco2)s1. The number of nitrogens with zero attached hydrogens (tertiary/aromatic N) is 1. The van der Waals surface area contributed by atoms with Gasteiger partial charge in [0.15, 0.2) is 11.3 Å². The highest BCUT2D eigenvalue weighted by Crippen LogP contribution is 2.34. The Morgan fingerprint density at radius 2 is 1.80 bits per heavy atom. The van der Waals surface area contributed by atoms with Crippen LogP contribution in [0.1, 0.15) is 0 Å². The molecule has 0 aliphatic carbocycles. The molecule has 3 heterocycles. The highest BCUT2D eigenvalue weighted by atomic mass is 32.1. The zero-order valence-electron chi connectivity index (χ0n) is 7.64. The molecule has 3 nitrogen and oxygen atoms in total. The highest BCUT2D eigenvalue weighted by Gasteiger charge is 2.14. The van der Waals surface area contributed by atoms with Crippen molar-refractivity contribution in [1.82, 2.24) is 4.98 Å². The lowest BCUT2D eigenvalue weighted by Crippen LogP contribution is -1.76. The average molecular weight is 216 g/mol. The normalized spacial score (nSPS) is 10.7. The van der Waals surface area contributed by atoms with Gasteiger partial charge in [-0.1, -0.05) is 0 Å². The van der Waals surface area contributed by atoms with Crippen LogP contribution in [0.15, 0.2) is 45.6 Å². The molecule has 0 atom stereocenters. The van der Waals surface area contributed by atoms with Gasteiger partial charge in [0.1, 0.15) is 16.3 Å². The summed E-state index contributed by atoms with van der Waals surface area (Å²) in [5, 5.41) is 0. The second-order valence-electron chi connectivity index (χ2n) is 2.94. The van der Waals surface area contributed by atoms with Crippen LogP contribution < -0.4 is 0 Å². The molecule has 0 fully saturated rings. The number of furan rings is 2. The van der Waals surface area contributed by atoms with Gasteiger partial charge in [-0.25, -0.2) is 4.98 Å². The summed E-state index contributed by atoms with van der Waals surface area (Å²) in [6, 6.07) is 7.45. The van der Waals surface area contributed by atoms with Crippen molar-refractivity contribution in [2.45, 2.75) is 0 Å². The summed E-state index contributed by atoms with van der Waals surface area (Å²) in [4.78, 5) is 5.09. The first-order valence-corrected chi connectivity index (χ1v) is 5.21. The minimum Gasteiger partial charge on any atom is -0.463 e. The molecule has 0 bridgehead atoms. The van der Waals surface area contributed by atoms with Crippen LogP contribution in [0.3, 0.4) is 0 Å². The van der Waals surface area contributed by atoms with Crippen LogP contribution in [0.25, 0.3) is 22.1 Å².